The molecule has 2 aromatic rings. The van der Waals surface area contributed by atoms with Crippen molar-refractivity contribution in [2.45, 2.75) is 27.2 Å². The highest BCUT2D eigenvalue weighted by Gasteiger charge is 2.08. The van der Waals surface area contributed by atoms with Crippen LogP contribution in [0.5, 0.6) is 5.75 Å². The fraction of sp³-hybridized carbons (Fsp3) is 0.316. The number of carbonyl (C=O) groups is 1. The van der Waals surface area contributed by atoms with Crippen molar-refractivity contribution in [2.75, 3.05) is 11.9 Å². The van der Waals surface area contributed by atoms with Crippen molar-refractivity contribution in [3.8, 4) is 5.75 Å². The largest absolute Gasteiger partial charge is 0.494 e. The van der Waals surface area contributed by atoms with Crippen LogP contribution in [0.1, 0.15) is 36.2 Å². The number of hydrogen-bond donors (Lipinski definition) is 1. The second-order valence-corrected chi connectivity index (χ2v) is 6.38. The minimum absolute atomic E-state index is 0.181. The molecule has 0 aliphatic carbocycles. The molecule has 23 heavy (non-hydrogen) atoms. The second kappa shape index (κ2) is 8.02. The first-order valence-corrected chi connectivity index (χ1v) is 8.14. The molecule has 0 unspecified atom stereocenters. The number of ether oxygens (including phenoxy) is 1. The van der Waals surface area contributed by atoms with Crippen molar-refractivity contribution < 1.29 is 9.53 Å². The Morgan fingerprint density at radius 2 is 2.00 bits per heavy atom. The number of hydrogen-bond acceptors (Lipinski definition) is 2. The minimum atomic E-state index is -0.181. The molecule has 0 aliphatic rings. The van der Waals surface area contributed by atoms with Gasteiger partial charge >= 0.3 is 0 Å². The van der Waals surface area contributed by atoms with Gasteiger partial charge in [0.05, 0.1) is 6.61 Å². The Balaban J connectivity index is 2.02. The van der Waals surface area contributed by atoms with Crippen molar-refractivity contribution >= 4 is 23.2 Å². The SMILES string of the molecule is Cc1ccc(NC(=O)c2cccc(OCCC(C)C)c2)cc1Cl. The maximum atomic E-state index is 12.3. The molecule has 0 spiro atoms. The molecule has 0 radical (unpaired) electrons. The van der Waals surface area contributed by atoms with E-state index in [1.54, 1.807) is 18.2 Å². The number of rotatable bonds is 6. The Labute approximate surface area is 142 Å². The Morgan fingerprint density at radius 1 is 1.22 bits per heavy atom. The third kappa shape index (κ3) is 5.29. The van der Waals surface area contributed by atoms with Gasteiger partial charge in [0.2, 0.25) is 0 Å². The summed E-state index contributed by atoms with van der Waals surface area (Å²) in [5, 5.41) is 3.48. The molecule has 0 saturated carbocycles. The van der Waals surface area contributed by atoms with Gasteiger partial charge in [-0.3, -0.25) is 4.79 Å². The molecule has 0 saturated heterocycles. The normalized spacial score (nSPS) is 10.7. The van der Waals surface area contributed by atoms with E-state index in [0.717, 1.165) is 12.0 Å². The van der Waals surface area contributed by atoms with Gasteiger partial charge in [0.25, 0.3) is 5.91 Å². The second-order valence-electron chi connectivity index (χ2n) is 5.98. The highest BCUT2D eigenvalue weighted by molar-refractivity contribution is 6.31. The van der Waals surface area contributed by atoms with Crippen LogP contribution in [0.2, 0.25) is 5.02 Å². The van der Waals surface area contributed by atoms with Crippen LogP contribution >= 0.6 is 11.6 Å². The lowest BCUT2D eigenvalue weighted by molar-refractivity contribution is 0.102. The van der Waals surface area contributed by atoms with Crippen molar-refractivity contribution in [2.24, 2.45) is 5.92 Å². The minimum Gasteiger partial charge on any atom is -0.494 e. The lowest BCUT2D eigenvalue weighted by atomic mass is 10.1. The molecule has 2 rings (SSSR count). The molecule has 4 heteroatoms. The van der Waals surface area contributed by atoms with Gasteiger partial charge in [-0.15, -0.1) is 0 Å². The van der Waals surface area contributed by atoms with Gasteiger partial charge in [-0.1, -0.05) is 37.6 Å². The fourth-order valence-electron chi connectivity index (χ4n) is 2.01. The van der Waals surface area contributed by atoms with Crippen LogP contribution in [0.25, 0.3) is 0 Å². The first kappa shape index (κ1) is 17.4. The summed E-state index contributed by atoms with van der Waals surface area (Å²) in [5.74, 6) is 1.12. The van der Waals surface area contributed by atoms with Crippen LogP contribution in [0.3, 0.4) is 0 Å². The van der Waals surface area contributed by atoms with Gasteiger partial charge in [-0.05, 0) is 55.2 Å². The van der Waals surface area contributed by atoms with E-state index in [4.69, 9.17) is 16.3 Å². The first-order valence-electron chi connectivity index (χ1n) is 7.76. The maximum Gasteiger partial charge on any atom is 0.255 e. The maximum absolute atomic E-state index is 12.3. The number of amides is 1. The smallest absolute Gasteiger partial charge is 0.255 e. The Hall–Kier alpha value is -2.00. The zero-order valence-electron chi connectivity index (χ0n) is 13.7. The number of benzene rings is 2. The van der Waals surface area contributed by atoms with Gasteiger partial charge in [0.15, 0.2) is 0 Å². The quantitative estimate of drug-likeness (QED) is 0.777. The molecule has 0 aromatic heterocycles. The predicted octanol–water partition coefficient (Wildman–Crippen LogP) is 5.33. The number of nitrogens with one attached hydrogen (secondary N) is 1. The molecule has 0 aliphatic heterocycles. The van der Waals surface area contributed by atoms with E-state index >= 15 is 0 Å². The van der Waals surface area contributed by atoms with E-state index in [9.17, 15) is 4.79 Å². The standard InChI is InChI=1S/C19H22ClNO2/c1-13(2)9-10-23-17-6-4-5-15(11-17)19(22)21-16-8-7-14(3)18(20)12-16/h4-8,11-13H,9-10H2,1-3H3,(H,21,22). The summed E-state index contributed by atoms with van der Waals surface area (Å²) in [6.07, 6.45) is 0.984. The Bertz CT molecular complexity index is 683. The molecule has 0 bridgehead atoms. The van der Waals surface area contributed by atoms with Crippen molar-refractivity contribution in [1.29, 1.82) is 0 Å². The topological polar surface area (TPSA) is 38.3 Å². The third-order valence-electron chi connectivity index (χ3n) is 3.49. The van der Waals surface area contributed by atoms with Gasteiger partial charge in [0.1, 0.15) is 5.75 Å². The van der Waals surface area contributed by atoms with Crippen LogP contribution in [0.15, 0.2) is 42.5 Å². The zero-order valence-corrected chi connectivity index (χ0v) is 14.5. The summed E-state index contributed by atoms with van der Waals surface area (Å²) in [4.78, 5) is 12.3. The first-order chi connectivity index (χ1) is 11.0. The summed E-state index contributed by atoms with van der Waals surface area (Å²) in [6.45, 7) is 6.88. The average Bonchev–Trinajstić information content (AvgIpc) is 2.51. The van der Waals surface area contributed by atoms with Crippen molar-refractivity contribution in [1.82, 2.24) is 0 Å². The fourth-order valence-corrected chi connectivity index (χ4v) is 2.19. The van der Waals surface area contributed by atoms with Crippen LogP contribution in [-0.2, 0) is 0 Å². The summed E-state index contributed by atoms with van der Waals surface area (Å²) in [7, 11) is 0. The van der Waals surface area contributed by atoms with E-state index in [2.05, 4.69) is 19.2 Å². The monoisotopic (exact) mass is 331 g/mol. The molecular formula is C19H22ClNO2. The summed E-state index contributed by atoms with van der Waals surface area (Å²) >= 11 is 6.08. The van der Waals surface area contributed by atoms with E-state index < -0.39 is 0 Å². The number of halogens is 1. The molecule has 2 aromatic carbocycles. The number of aryl methyl sites for hydroxylation is 1. The summed E-state index contributed by atoms with van der Waals surface area (Å²) < 4.78 is 5.69. The van der Waals surface area contributed by atoms with Gasteiger partial charge in [-0.25, -0.2) is 0 Å². The van der Waals surface area contributed by atoms with E-state index in [-0.39, 0.29) is 5.91 Å². The lowest BCUT2D eigenvalue weighted by Gasteiger charge is -2.10. The third-order valence-corrected chi connectivity index (χ3v) is 3.90. The van der Waals surface area contributed by atoms with Crippen LogP contribution in [0, 0.1) is 12.8 Å². The molecule has 1 N–H and O–H groups in total. The Morgan fingerprint density at radius 3 is 2.70 bits per heavy atom. The molecule has 0 heterocycles. The molecule has 0 fully saturated rings. The predicted molar refractivity (Wildman–Crippen MR) is 95.5 cm³/mol. The van der Waals surface area contributed by atoms with Crippen LogP contribution in [0.4, 0.5) is 5.69 Å². The lowest BCUT2D eigenvalue weighted by Crippen LogP contribution is -2.12. The van der Waals surface area contributed by atoms with E-state index in [0.29, 0.717) is 34.5 Å². The Kier molecular flexibility index (Phi) is 6.05. The van der Waals surface area contributed by atoms with Gasteiger partial charge < -0.3 is 10.1 Å². The highest BCUT2D eigenvalue weighted by atomic mass is 35.5. The van der Waals surface area contributed by atoms with Gasteiger partial charge in [-0.2, -0.15) is 0 Å². The van der Waals surface area contributed by atoms with Crippen LogP contribution in [-0.4, -0.2) is 12.5 Å². The molecular weight excluding hydrogens is 310 g/mol. The molecule has 3 nitrogen and oxygen atoms in total. The number of carbonyl (C=O) groups excluding carboxylic acids is 1. The van der Waals surface area contributed by atoms with Crippen molar-refractivity contribution in [3.05, 3.63) is 58.6 Å². The molecule has 1 amide bonds. The van der Waals surface area contributed by atoms with Crippen LogP contribution < -0.4 is 10.1 Å². The highest BCUT2D eigenvalue weighted by Crippen LogP contribution is 2.21. The van der Waals surface area contributed by atoms with Gasteiger partial charge in [0, 0.05) is 16.3 Å². The zero-order chi connectivity index (χ0) is 16.8. The molecule has 122 valence electrons. The average molecular weight is 332 g/mol. The molecule has 0 atom stereocenters. The summed E-state index contributed by atoms with van der Waals surface area (Å²) in [6, 6.07) is 12.7. The summed E-state index contributed by atoms with van der Waals surface area (Å²) in [5.41, 5.74) is 2.21. The van der Waals surface area contributed by atoms with E-state index in [1.165, 1.54) is 0 Å². The number of anilines is 1. The van der Waals surface area contributed by atoms with E-state index in [1.807, 2.05) is 31.2 Å². The van der Waals surface area contributed by atoms with Crippen molar-refractivity contribution in [3.63, 3.8) is 0 Å².